The van der Waals surface area contributed by atoms with Gasteiger partial charge in [0, 0.05) is 31.6 Å². The number of rotatable bonds is 7. The van der Waals surface area contributed by atoms with Crippen LogP contribution in [0.15, 0.2) is 76.6 Å². The molecule has 160 valence electrons. The smallest absolute Gasteiger partial charge is 0.274 e. The van der Waals surface area contributed by atoms with Gasteiger partial charge in [0.25, 0.3) is 5.56 Å². The second-order valence-electron chi connectivity index (χ2n) is 8.03. The third-order valence-corrected chi connectivity index (χ3v) is 5.61. The number of hydrogen-bond donors (Lipinski definition) is 1. The van der Waals surface area contributed by atoms with Gasteiger partial charge in [-0.25, -0.2) is 4.98 Å². The summed E-state index contributed by atoms with van der Waals surface area (Å²) in [5.41, 5.74) is 3.66. The molecule has 1 unspecified atom stereocenters. The van der Waals surface area contributed by atoms with Crippen LogP contribution >= 0.6 is 0 Å². The Morgan fingerprint density at radius 3 is 2.48 bits per heavy atom. The third-order valence-electron chi connectivity index (χ3n) is 5.61. The lowest BCUT2D eigenvalue weighted by molar-refractivity contribution is 0.182. The molecule has 1 aliphatic rings. The molecule has 2 aromatic carbocycles. The number of aliphatic hydroxyl groups is 1. The largest absolute Gasteiger partial charge is 0.395 e. The van der Waals surface area contributed by atoms with E-state index in [4.69, 9.17) is 4.98 Å². The molecule has 6 nitrogen and oxygen atoms in total. The van der Waals surface area contributed by atoms with Crippen molar-refractivity contribution in [2.24, 2.45) is 5.10 Å². The molecule has 2 heterocycles. The summed E-state index contributed by atoms with van der Waals surface area (Å²) in [6, 6.07) is 21.7. The zero-order chi connectivity index (χ0) is 21.6. The Kier molecular flexibility index (Phi) is 6.70. The first-order chi connectivity index (χ1) is 15.1. The zero-order valence-electron chi connectivity index (χ0n) is 17.8. The maximum atomic E-state index is 13.0. The number of fused-ring (bicyclic) bond motifs is 1. The van der Waals surface area contributed by atoms with Crippen LogP contribution in [0.4, 0.5) is 0 Å². The van der Waals surface area contributed by atoms with E-state index < -0.39 is 0 Å². The molecule has 1 atom stereocenters. The molecular formula is C25H28N4O2. The molecule has 1 aromatic heterocycles. The van der Waals surface area contributed by atoms with Crippen molar-refractivity contribution >= 4 is 5.71 Å². The Balaban J connectivity index is 1.63. The molecule has 0 spiro atoms. The van der Waals surface area contributed by atoms with Crippen LogP contribution < -0.4 is 5.56 Å². The molecule has 3 aromatic rings. The molecule has 0 radical (unpaired) electrons. The SMILES string of the molecule is CC1CCC(c2ccccc2)=Nn2c1nc(CN(CCO)Cc1ccccc1)cc2=O. The Labute approximate surface area is 182 Å². The third kappa shape index (κ3) is 5.16. The fraction of sp³-hybridized carbons (Fsp3) is 0.320. The van der Waals surface area contributed by atoms with Gasteiger partial charge in [-0.1, -0.05) is 67.6 Å². The van der Waals surface area contributed by atoms with E-state index in [1.807, 2.05) is 48.5 Å². The highest BCUT2D eigenvalue weighted by atomic mass is 16.3. The van der Waals surface area contributed by atoms with Crippen LogP contribution in [0.2, 0.25) is 0 Å². The molecule has 0 fully saturated rings. The molecule has 1 N–H and O–H groups in total. The summed E-state index contributed by atoms with van der Waals surface area (Å²) in [5.74, 6) is 0.829. The van der Waals surface area contributed by atoms with E-state index in [0.717, 1.165) is 29.7 Å². The summed E-state index contributed by atoms with van der Waals surface area (Å²) in [7, 11) is 0. The van der Waals surface area contributed by atoms with Gasteiger partial charge in [0.05, 0.1) is 18.0 Å². The van der Waals surface area contributed by atoms with Crippen molar-refractivity contribution in [3.05, 3.63) is 99.7 Å². The van der Waals surface area contributed by atoms with Crippen molar-refractivity contribution in [2.75, 3.05) is 13.2 Å². The molecule has 0 bridgehead atoms. The van der Waals surface area contributed by atoms with E-state index in [1.165, 1.54) is 4.68 Å². The van der Waals surface area contributed by atoms with Gasteiger partial charge in [-0.3, -0.25) is 9.69 Å². The maximum Gasteiger partial charge on any atom is 0.274 e. The van der Waals surface area contributed by atoms with Crippen LogP contribution in [0.1, 0.15) is 48.3 Å². The maximum absolute atomic E-state index is 13.0. The van der Waals surface area contributed by atoms with Crippen LogP contribution in [0.5, 0.6) is 0 Å². The van der Waals surface area contributed by atoms with Gasteiger partial charge in [-0.05, 0) is 24.0 Å². The van der Waals surface area contributed by atoms with Crippen LogP contribution in [0.25, 0.3) is 0 Å². The van der Waals surface area contributed by atoms with E-state index in [1.54, 1.807) is 6.07 Å². The van der Waals surface area contributed by atoms with Crippen molar-refractivity contribution in [1.29, 1.82) is 0 Å². The molecule has 6 heteroatoms. The van der Waals surface area contributed by atoms with Gasteiger partial charge in [0.15, 0.2) is 0 Å². The normalized spacial score (nSPS) is 16.0. The molecule has 31 heavy (non-hydrogen) atoms. The molecule has 4 rings (SSSR count). The van der Waals surface area contributed by atoms with Gasteiger partial charge in [-0.2, -0.15) is 9.78 Å². The van der Waals surface area contributed by atoms with Crippen molar-refractivity contribution in [2.45, 2.75) is 38.8 Å². The van der Waals surface area contributed by atoms with Crippen LogP contribution in [0.3, 0.4) is 0 Å². The average Bonchev–Trinajstić information content (AvgIpc) is 2.95. The standard InChI is InChI=1S/C25H28N4O2/c1-19-12-13-23(21-10-6-3-7-11-21)27-29-24(31)16-22(26-25(19)29)18-28(14-15-30)17-20-8-4-2-5-9-20/h2-11,16,19,30H,12-15,17-18H2,1H3. The van der Waals surface area contributed by atoms with Crippen molar-refractivity contribution in [3.8, 4) is 0 Å². The summed E-state index contributed by atoms with van der Waals surface area (Å²) >= 11 is 0. The van der Waals surface area contributed by atoms with Gasteiger partial charge < -0.3 is 5.11 Å². The van der Waals surface area contributed by atoms with E-state index in [0.29, 0.717) is 31.2 Å². The Morgan fingerprint density at radius 2 is 1.77 bits per heavy atom. The molecule has 0 amide bonds. The van der Waals surface area contributed by atoms with E-state index in [-0.39, 0.29) is 18.1 Å². The molecule has 0 saturated carbocycles. The number of nitrogens with zero attached hydrogens (tertiary/aromatic N) is 4. The average molecular weight is 417 g/mol. The zero-order valence-corrected chi connectivity index (χ0v) is 17.8. The Bertz CT molecular complexity index is 1090. The van der Waals surface area contributed by atoms with Gasteiger partial charge in [-0.15, -0.1) is 0 Å². The van der Waals surface area contributed by atoms with Crippen LogP contribution in [-0.2, 0) is 13.1 Å². The van der Waals surface area contributed by atoms with Crippen LogP contribution in [0, 0.1) is 0 Å². The summed E-state index contributed by atoms with van der Waals surface area (Å²) < 4.78 is 1.47. The molecule has 1 aliphatic heterocycles. The van der Waals surface area contributed by atoms with E-state index in [2.05, 4.69) is 29.1 Å². The summed E-state index contributed by atoms with van der Waals surface area (Å²) in [6.07, 6.45) is 1.68. The number of hydrogen-bond acceptors (Lipinski definition) is 5. The second-order valence-corrected chi connectivity index (χ2v) is 8.03. The molecular weight excluding hydrogens is 388 g/mol. The van der Waals surface area contributed by atoms with Crippen molar-refractivity contribution in [1.82, 2.24) is 14.6 Å². The molecule has 0 aliphatic carbocycles. The first kappa shape index (κ1) is 21.2. The van der Waals surface area contributed by atoms with Gasteiger partial charge in [0.2, 0.25) is 0 Å². The lowest BCUT2D eigenvalue weighted by atomic mass is 9.99. The lowest BCUT2D eigenvalue weighted by Gasteiger charge is -2.22. The predicted octanol–water partition coefficient (Wildman–Crippen LogP) is 3.39. The Hall–Kier alpha value is -3.09. The monoisotopic (exact) mass is 416 g/mol. The quantitative estimate of drug-likeness (QED) is 0.641. The van der Waals surface area contributed by atoms with Gasteiger partial charge in [0.1, 0.15) is 5.82 Å². The number of benzene rings is 2. The van der Waals surface area contributed by atoms with Gasteiger partial charge >= 0.3 is 0 Å². The highest BCUT2D eigenvalue weighted by molar-refractivity contribution is 6.00. The first-order valence-electron chi connectivity index (χ1n) is 10.8. The summed E-state index contributed by atoms with van der Waals surface area (Å²) in [4.78, 5) is 20.0. The van der Waals surface area contributed by atoms with Crippen molar-refractivity contribution in [3.63, 3.8) is 0 Å². The fourth-order valence-electron chi connectivity index (χ4n) is 3.96. The first-order valence-corrected chi connectivity index (χ1v) is 10.8. The van der Waals surface area contributed by atoms with Crippen LogP contribution in [-0.4, -0.2) is 38.5 Å². The minimum absolute atomic E-state index is 0.0535. The van der Waals surface area contributed by atoms with E-state index >= 15 is 0 Å². The highest BCUT2D eigenvalue weighted by Gasteiger charge is 2.21. The minimum atomic E-state index is -0.161. The topological polar surface area (TPSA) is 70.7 Å². The lowest BCUT2D eigenvalue weighted by Crippen LogP contribution is -2.29. The Morgan fingerprint density at radius 1 is 1.06 bits per heavy atom. The molecule has 0 saturated heterocycles. The highest BCUT2D eigenvalue weighted by Crippen LogP contribution is 2.24. The second kappa shape index (κ2) is 9.81. The minimum Gasteiger partial charge on any atom is -0.395 e. The summed E-state index contributed by atoms with van der Waals surface area (Å²) in [6.45, 7) is 3.85. The number of aliphatic hydroxyl groups excluding tert-OH is 1. The van der Waals surface area contributed by atoms with E-state index in [9.17, 15) is 9.90 Å². The fourth-order valence-corrected chi connectivity index (χ4v) is 3.96. The number of aromatic nitrogens is 2. The predicted molar refractivity (Wildman–Crippen MR) is 122 cm³/mol. The summed E-state index contributed by atoms with van der Waals surface area (Å²) in [5, 5.41) is 14.2. The van der Waals surface area contributed by atoms with Crippen molar-refractivity contribution < 1.29 is 5.11 Å².